The fourth-order valence-corrected chi connectivity index (χ4v) is 2.88. The third-order valence-corrected chi connectivity index (χ3v) is 3.68. The maximum absolute atomic E-state index is 4.23. The molecule has 0 unspecified atom stereocenters. The van der Waals surface area contributed by atoms with Gasteiger partial charge in [-0.05, 0) is 12.2 Å². The van der Waals surface area contributed by atoms with Gasteiger partial charge in [-0.25, -0.2) is 9.97 Å². The monoisotopic (exact) mass is 253 g/mol. The number of hydrogen-bond acceptors (Lipinski definition) is 6. The van der Waals surface area contributed by atoms with Crippen LogP contribution < -0.4 is 4.72 Å². The molecule has 2 aromatic heterocycles. The molecule has 0 saturated carbocycles. The highest BCUT2D eigenvalue weighted by molar-refractivity contribution is 7.98. The van der Waals surface area contributed by atoms with E-state index >= 15 is 0 Å². The molecule has 3 nitrogen and oxygen atoms in total. The second-order valence-corrected chi connectivity index (χ2v) is 4.47. The molecule has 2 rings (SSSR count). The first-order chi connectivity index (χ1) is 7.36. The Kier molecular flexibility index (Phi) is 3.36. The van der Waals surface area contributed by atoms with Crippen LogP contribution in [0.4, 0.5) is 0 Å². The van der Waals surface area contributed by atoms with Crippen molar-refractivity contribution in [1.29, 1.82) is 0 Å². The quantitative estimate of drug-likeness (QED) is 0.268. The standard InChI is InChI=1S/C9H7N3S3/c1-14-9-8-7(10-5-11-9)6(4-15-8)2-3-12-13/h4-5,12-13H,1H3. The normalized spacial score (nSPS) is 9.73. The largest absolute Gasteiger partial charge is 0.291 e. The van der Waals surface area contributed by atoms with Crippen LogP contribution in [0.2, 0.25) is 0 Å². The summed E-state index contributed by atoms with van der Waals surface area (Å²) in [6, 6.07) is 2.68. The first-order valence-electron chi connectivity index (χ1n) is 4.03. The van der Waals surface area contributed by atoms with Gasteiger partial charge in [-0.2, -0.15) is 0 Å². The van der Waals surface area contributed by atoms with Gasteiger partial charge in [0.05, 0.1) is 10.3 Å². The molecular weight excluding hydrogens is 246 g/mol. The predicted molar refractivity (Wildman–Crippen MR) is 68.2 cm³/mol. The smallest absolute Gasteiger partial charge is 0.117 e. The van der Waals surface area contributed by atoms with E-state index in [-0.39, 0.29) is 0 Å². The Morgan fingerprint density at radius 1 is 1.53 bits per heavy atom. The third-order valence-electron chi connectivity index (χ3n) is 1.77. The van der Waals surface area contributed by atoms with Crippen LogP contribution in [-0.4, -0.2) is 16.2 Å². The van der Waals surface area contributed by atoms with E-state index in [0.717, 1.165) is 20.8 Å². The van der Waals surface area contributed by atoms with Crippen molar-refractivity contribution in [3.8, 4) is 12.0 Å². The molecule has 76 valence electrons. The Morgan fingerprint density at radius 2 is 2.40 bits per heavy atom. The summed E-state index contributed by atoms with van der Waals surface area (Å²) in [6.07, 6.45) is 3.57. The molecule has 0 saturated heterocycles. The molecule has 0 fully saturated rings. The Balaban J connectivity index is 2.60. The molecule has 0 aliphatic rings. The van der Waals surface area contributed by atoms with E-state index in [9.17, 15) is 0 Å². The van der Waals surface area contributed by atoms with Gasteiger partial charge < -0.3 is 0 Å². The number of hydrogen-bond donors (Lipinski definition) is 2. The number of rotatable bonds is 1. The topological polar surface area (TPSA) is 37.8 Å². The fraction of sp³-hybridized carbons (Fsp3) is 0.111. The van der Waals surface area contributed by atoms with Crippen LogP contribution in [0.3, 0.4) is 0 Å². The molecule has 6 heteroatoms. The Labute approximate surface area is 101 Å². The van der Waals surface area contributed by atoms with Gasteiger partial charge in [0.25, 0.3) is 0 Å². The number of thioether (sulfide) groups is 1. The van der Waals surface area contributed by atoms with E-state index in [0.29, 0.717) is 0 Å². The van der Waals surface area contributed by atoms with Gasteiger partial charge in [0.1, 0.15) is 16.9 Å². The molecule has 2 heterocycles. The van der Waals surface area contributed by atoms with Gasteiger partial charge in [0, 0.05) is 11.4 Å². The summed E-state index contributed by atoms with van der Waals surface area (Å²) < 4.78 is 3.58. The maximum atomic E-state index is 4.23. The van der Waals surface area contributed by atoms with Crippen LogP contribution in [0.25, 0.3) is 10.2 Å². The highest BCUT2D eigenvalue weighted by Gasteiger charge is 2.07. The molecule has 1 N–H and O–H groups in total. The molecule has 0 amide bonds. The second kappa shape index (κ2) is 4.75. The van der Waals surface area contributed by atoms with Crippen LogP contribution in [0.15, 0.2) is 16.7 Å². The number of nitrogens with one attached hydrogen (secondary N) is 1. The minimum absolute atomic E-state index is 0.911. The Morgan fingerprint density at radius 3 is 3.13 bits per heavy atom. The average Bonchev–Trinajstić information content (AvgIpc) is 2.69. The summed E-state index contributed by atoms with van der Waals surface area (Å²) in [5, 5.41) is 2.98. The van der Waals surface area contributed by atoms with Gasteiger partial charge in [-0.3, -0.25) is 4.72 Å². The van der Waals surface area contributed by atoms with E-state index in [1.54, 1.807) is 29.4 Å². The molecule has 0 aromatic carbocycles. The molecule has 0 radical (unpaired) electrons. The zero-order valence-corrected chi connectivity index (χ0v) is 10.3. The van der Waals surface area contributed by atoms with Crippen molar-refractivity contribution in [1.82, 2.24) is 14.7 Å². The first-order valence-corrected chi connectivity index (χ1v) is 6.58. The van der Waals surface area contributed by atoms with Crippen LogP contribution in [0, 0.1) is 12.0 Å². The number of aromatic nitrogens is 2. The van der Waals surface area contributed by atoms with Gasteiger partial charge in [0.15, 0.2) is 0 Å². The van der Waals surface area contributed by atoms with Crippen molar-refractivity contribution < 1.29 is 0 Å². The zero-order valence-electron chi connectivity index (χ0n) is 7.81. The number of thiophene rings is 1. The summed E-state index contributed by atoms with van der Waals surface area (Å²) in [6.45, 7) is 0. The van der Waals surface area contributed by atoms with Crippen molar-refractivity contribution in [3.05, 3.63) is 17.3 Å². The lowest BCUT2D eigenvalue weighted by Crippen LogP contribution is -1.85. The Hall–Kier alpha value is -0.900. The van der Waals surface area contributed by atoms with Crippen molar-refractivity contribution in [2.24, 2.45) is 0 Å². The highest BCUT2D eigenvalue weighted by Crippen LogP contribution is 2.29. The van der Waals surface area contributed by atoms with Gasteiger partial charge >= 0.3 is 0 Å². The zero-order chi connectivity index (χ0) is 10.7. The molecule has 15 heavy (non-hydrogen) atoms. The maximum Gasteiger partial charge on any atom is 0.117 e. The predicted octanol–water partition coefficient (Wildman–Crippen LogP) is 2.16. The van der Waals surface area contributed by atoms with Gasteiger partial charge in [0.2, 0.25) is 0 Å². The minimum Gasteiger partial charge on any atom is -0.291 e. The molecular formula is C9H7N3S3. The fourth-order valence-electron chi connectivity index (χ4n) is 1.16. The number of thiol groups is 1. The molecule has 0 atom stereocenters. The average molecular weight is 253 g/mol. The first kappa shape index (κ1) is 10.6. The van der Waals surface area contributed by atoms with Crippen LogP contribution in [0.1, 0.15) is 5.56 Å². The number of nitrogens with zero attached hydrogens (tertiary/aromatic N) is 2. The minimum atomic E-state index is 0.911. The SMILES string of the molecule is CSc1ncnc2c(C#CNS)csc12. The summed E-state index contributed by atoms with van der Waals surface area (Å²) in [5.74, 6) is 2.94. The summed E-state index contributed by atoms with van der Waals surface area (Å²) in [5.41, 5.74) is 1.82. The van der Waals surface area contributed by atoms with Crippen molar-refractivity contribution in [2.75, 3.05) is 6.26 Å². The van der Waals surface area contributed by atoms with E-state index in [1.807, 2.05) is 11.6 Å². The van der Waals surface area contributed by atoms with Crippen LogP contribution >= 0.6 is 35.9 Å². The van der Waals surface area contributed by atoms with E-state index in [1.165, 1.54) is 0 Å². The van der Waals surface area contributed by atoms with Crippen molar-refractivity contribution >= 4 is 46.1 Å². The summed E-state index contributed by atoms with van der Waals surface area (Å²) in [7, 11) is 0. The molecule has 0 aliphatic heterocycles. The molecule has 0 spiro atoms. The summed E-state index contributed by atoms with van der Waals surface area (Å²) in [4.78, 5) is 8.44. The van der Waals surface area contributed by atoms with Crippen molar-refractivity contribution in [3.63, 3.8) is 0 Å². The molecule has 0 aliphatic carbocycles. The van der Waals surface area contributed by atoms with E-state index in [2.05, 4.69) is 39.5 Å². The molecule has 2 aromatic rings. The van der Waals surface area contributed by atoms with E-state index < -0.39 is 0 Å². The lowest BCUT2D eigenvalue weighted by molar-refractivity contribution is 1.11. The van der Waals surface area contributed by atoms with Crippen LogP contribution in [-0.2, 0) is 0 Å². The molecule has 0 bridgehead atoms. The lowest BCUT2D eigenvalue weighted by atomic mass is 10.3. The lowest BCUT2D eigenvalue weighted by Gasteiger charge is -1.95. The van der Waals surface area contributed by atoms with Crippen molar-refractivity contribution in [2.45, 2.75) is 5.03 Å². The van der Waals surface area contributed by atoms with Gasteiger partial charge in [-0.15, -0.1) is 23.1 Å². The Bertz CT molecular complexity index is 538. The third kappa shape index (κ3) is 2.04. The van der Waals surface area contributed by atoms with E-state index in [4.69, 9.17) is 0 Å². The second-order valence-electron chi connectivity index (χ2n) is 2.57. The number of fused-ring (bicyclic) bond motifs is 1. The van der Waals surface area contributed by atoms with Crippen LogP contribution in [0.5, 0.6) is 0 Å². The summed E-state index contributed by atoms with van der Waals surface area (Å²) >= 11 is 7.04. The van der Waals surface area contributed by atoms with Gasteiger partial charge in [-0.1, -0.05) is 12.8 Å². The highest BCUT2D eigenvalue weighted by atomic mass is 32.2.